The van der Waals surface area contributed by atoms with Gasteiger partial charge in [-0.3, -0.25) is 4.99 Å². The van der Waals surface area contributed by atoms with Gasteiger partial charge in [0.05, 0.1) is 5.01 Å². The zero-order valence-corrected chi connectivity index (χ0v) is 15.9. The highest BCUT2D eigenvalue weighted by Crippen LogP contribution is 2.19. The van der Waals surface area contributed by atoms with Crippen LogP contribution in [0.4, 0.5) is 5.69 Å². The van der Waals surface area contributed by atoms with Crippen molar-refractivity contribution in [1.29, 1.82) is 0 Å². The molecule has 1 aromatic heterocycles. The maximum atomic E-state index is 4.51. The van der Waals surface area contributed by atoms with E-state index in [2.05, 4.69) is 61.2 Å². The van der Waals surface area contributed by atoms with E-state index in [0.717, 1.165) is 50.6 Å². The molecule has 2 heterocycles. The van der Waals surface area contributed by atoms with Crippen LogP contribution in [0.25, 0.3) is 0 Å². The van der Waals surface area contributed by atoms with Crippen molar-refractivity contribution in [2.45, 2.75) is 32.2 Å². The minimum Gasteiger partial charge on any atom is -0.369 e. The molecular formula is C19H27N5S. The summed E-state index contributed by atoms with van der Waals surface area (Å²) in [5, 5.41) is 10.3. The Bertz CT molecular complexity index is 682. The highest BCUT2D eigenvalue weighted by Gasteiger charge is 2.23. The Morgan fingerprint density at radius 2 is 2.20 bits per heavy atom. The topological polar surface area (TPSA) is 52.6 Å². The molecule has 2 aromatic rings. The average Bonchev–Trinajstić information content (AvgIpc) is 3.27. The molecular weight excluding hydrogens is 330 g/mol. The summed E-state index contributed by atoms with van der Waals surface area (Å²) in [6.07, 6.45) is 3.22. The molecule has 0 saturated carbocycles. The number of aryl methyl sites for hydroxylation is 2. The summed E-state index contributed by atoms with van der Waals surface area (Å²) in [6, 6.07) is 11.0. The highest BCUT2D eigenvalue weighted by atomic mass is 32.1. The fraction of sp³-hybridized carbons (Fsp3) is 0.474. The summed E-state index contributed by atoms with van der Waals surface area (Å²) in [6.45, 7) is 5.06. The first kappa shape index (κ1) is 17.7. The van der Waals surface area contributed by atoms with E-state index in [4.69, 9.17) is 0 Å². The first-order valence-electron chi connectivity index (χ1n) is 8.93. The standard InChI is InChI=1S/C19H27N5S/c1-15-14-25-18(22-15)9-6-11-21-19(20-2)23-16-10-12-24(13-16)17-7-4-3-5-8-17/h3-5,7-8,14,16H,6,9-13H2,1-2H3,(H2,20,21,23). The van der Waals surface area contributed by atoms with Crippen LogP contribution in [0.2, 0.25) is 0 Å². The number of guanidine groups is 1. The zero-order chi connectivity index (χ0) is 17.5. The lowest BCUT2D eigenvalue weighted by Gasteiger charge is -2.20. The molecule has 0 bridgehead atoms. The molecule has 0 spiro atoms. The molecule has 1 aliphatic rings. The number of nitrogens with zero attached hydrogens (tertiary/aromatic N) is 3. The van der Waals surface area contributed by atoms with E-state index in [-0.39, 0.29) is 0 Å². The zero-order valence-electron chi connectivity index (χ0n) is 15.0. The van der Waals surface area contributed by atoms with Crippen LogP contribution >= 0.6 is 11.3 Å². The molecule has 0 radical (unpaired) electrons. The Labute approximate surface area is 154 Å². The first-order valence-corrected chi connectivity index (χ1v) is 9.81. The Hall–Kier alpha value is -2.08. The van der Waals surface area contributed by atoms with E-state index >= 15 is 0 Å². The van der Waals surface area contributed by atoms with E-state index in [1.807, 2.05) is 14.0 Å². The van der Waals surface area contributed by atoms with E-state index in [9.17, 15) is 0 Å². The van der Waals surface area contributed by atoms with Gasteiger partial charge in [-0.25, -0.2) is 4.98 Å². The molecule has 1 unspecified atom stereocenters. The molecule has 2 N–H and O–H groups in total. The van der Waals surface area contributed by atoms with Crippen LogP contribution in [0.3, 0.4) is 0 Å². The first-order chi connectivity index (χ1) is 12.2. The molecule has 0 aliphatic carbocycles. The number of para-hydroxylation sites is 1. The summed E-state index contributed by atoms with van der Waals surface area (Å²) in [7, 11) is 1.84. The smallest absolute Gasteiger partial charge is 0.191 e. The SMILES string of the molecule is CN=C(NCCCc1nc(C)cs1)NC1CCN(c2ccccc2)C1. The molecule has 1 saturated heterocycles. The van der Waals surface area contributed by atoms with Crippen molar-refractivity contribution in [3.05, 3.63) is 46.4 Å². The second-order valence-electron chi connectivity index (χ2n) is 6.40. The molecule has 5 nitrogen and oxygen atoms in total. The molecule has 6 heteroatoms. The maximum absolute atomic E-state index is 4.51. The van der Waals surface area contributed by atoms with Crippen LogP contribution in [-0.4, -0.2) is 43.7 Å². The van der Waals surface area contributed by atoms with E-state index in [1.165, 1.54) is 10.7 Å². The Morgan fingerprint density at radius 3 is 2.92 bits per heavy atom. The van der Waals surface area contributed by atoms with Crippen molar-refractivity contribution in [3.63, 3.8) is 0 Å². The van der Waals surface area contributed by atoms with Crippen molar-refractivity contribution < 1.29 is 0 Å². The molecule has 1 aromatic carbocycles. The van der Waals surface area contributed by atoms with Crippen LogP contribution < -0.4 is 15.5 Å². The predicted octanol–water partition coefficient (Wildman–Crippen LogP) is 2.83. The number of aliphatic imine (C=N–C) groups is 1. The lowest BCUT2D eigenvalue weighted by atomic mass is 10.2. The van der Waals surface area contributed by atoms with Gasteiger partial charge >= 0.3 is 0 Å². The highest BCUT2D eigenvalue weighted by molar-refractivity contribution is 7.09. The van der Waals surface area contributed by atoms with Gasteiger partial charge in [-0.2, -0.15) is 0 Å². The number of benzene rings is 1. The summed E-state index contributed by atoms with van der Waals surface area (Å²) >= 11 is 1.75. The van der Waals surface area contributed by atoms with Gasteiger partial charge in [0.15, 0.2) is 5.96 Å². The van der Waals surface area contributed by atoms with Crippen molar-refractivity contribution >= 4 is 23.0 Å². The minimum atomic E-state index is 0.438. The lowest BCUT2D eigenvalue weighted by molar-refractivity contribution is 0.643. The van der Waals surface area contributed by atoms with Crippen molar-refractivity contribution in [2.24, 2.45) is 4.99 Å². The number of nitrogens with one attached hydrogen (secondary N) is 2. The molecule has 1 fully saturated rings. The van der Waals surface area contributed by atoms with Gasteiger partial charge in [-0.05, 0) is 31.9 Å². The third-order valence-corrected chi connectivity index (χ3v) is 5.43. The maximum Gasteiger partial charge on any atom is 0.191 e. The monoisotopic (exact) mass is 357 g/mol. The van der Waals surface area contributed by atoms with Crippen molar-refractivity contribution in [1.82, 2.24) is 15.6 Å². The number of anilines is 1. The van der Waals surface area contributed by atoms with Gasteiger partial charge in [0.1, 0.15) is 0 Å². The van der Waals surface area contributed by atoms with Gasteiger partial charge in [0.2, 0.25) is 0 Å². The number of aromatic nitrogens is 1. The second kappa shape index (κ2) is 8.85. The summed E-state index contributed by atoms with van der Waals surface area (Å²) in [5.41, 5.74) is 2.42. The quantitative estimate of drug-likeness (QED) is 0.474. The summed E-state index contributed by atoms with van der Waals surface area (Å²) in [4.78, 5) is 11.3. The molecule has 25 heavy (non-hydrogen) atoms. The van der Waals surface area contributed by atoms with Crippen LogP contribution in [0.5, 0.6) is 0 Å². The number of rotatable bonds is 6. The van der Waals surface area contributed by atoms with Crippen LogP contribution in [-0.2, 0) is 6.42 Å². The largest absolute Gasteiger partial charge is 0.369 e. The molecule has 1 aliphatic heterocycles. The van der Waals surface area contributed by atoms with Gasteiger partial charge in [0, 0.05) is 55.9 Å². The number of thiazole rings is 1. The number of hydrogen-bond acceptors (Lipinski definition) is 4. The summed E-state index contributed by atoms with van der Waals surface area (Å²) < 4.78 is 0. The van der Waals surface area contributed by atoms with E-state index < -0.39 is 0 Å². The normalized spacial score (nSPS) is 17.8. The van der Waals surface area contributed by atoms with Crippen LogP contribution in [0.1, 0.15) is 23.5 Å². The fourth-order valence-corrected chi connectivity index (χ4v) is 3.92. The molecule has 3 rings (SSSR count). The second-order valence-corrected chi connectivity index (χ2v) is 7.34. The Morgan fingerprint density at radius 1 is 1.36 bits per heavy atom. The molecule has 1 atom stereocenters. The number of hydrogen-bond donors (Lipinski definition) is 2. The average molecular weight is 358 g/mol. The van der Waals surface area contributed by atoms with Gasteiger partial charge in [-0.15, -0.1) is 11.3 Å². The van der Waals surface area contributed by atoms with E-state index in [0.29, 0.717) is 6.04 Å². The third kappa shape index (κ3) is 5.19. The van der Waals surface area contributed by atoms with Crippen LogP contribution in [0, 0.1) is 6.92 Å². The van der Waals surface area contributed by atoms with Crippen molar-refractivity contribution in [2.75, 3.05) is 31.6 Å². The molecule has 134 valence electrons. The van der Waals surface area contributed by atoms with Gasteiger partial charge in [0.25, 0.3) is 0 Å². The fourth-order valence-electron chi connectivity index (χ4n) is 3.10. The van der Waals surface area contributed by atoms with E-state index in [1.54, 1.807) is 11.3 Å². The van der Waals surface area contributed by atoms with Crippen LogP contribution in [0.15, 0.2) is 40.7 Å². The molecule has 0 amide bonds. The van der Waals surface area contributed by atoms with Crippen molar-refractivity contribution in [3.8, 4) is 0 Å². The Balaban J connectivity index is 1.39. The Kier molecular flexibility index (Phi) is 6.28. The lowest BCUT2D eigenvalue weighted by Crippen LogP contribution is -2.44. The third-order valence-electron chi connectivity index (χ3n) is 4.40. The predicted molar refractivity (Wildman–Crippen MR) is 107 cm³/mol. The van der Waals surface area contributed by atoms with Gasteiger partial charge < -0.3 is 15.5 Å². The summed E-state index contributed by atoms with van der Waals surface area (Å²) in [5.74, 6) is 0.898. The minimum absolute atomic E-state index is 0.438. The van der Waals surface area contributed by atoms with Gasteiger partial charge in [-0.1, -0.05) is 18.2 Å².